The van der Waals surface area contributed by atoms with Crippen molar-refractivity contribution in [3.05, 3.63) is 0 Å². The van der Waals surface area contributed by atoms with Crippen LogP contribution in [0.2, 0.25) is 0 Å². The highest BCUT2D eigenvalue weighted by Crippen LogP contribution is 2.17. The van der Waals surface area contributed by atoms with Gasteiger partial charge in [-0.05, 0) is 18.3 Å². The first-order valence-electron chi connectivity index (χ1n) is 8.71. The molecule has 5 nitrogen and oxygen atoms in total. The highest BCUT2D eigenvalue weighted by atomic mass is 16.5. The van der Waals surface area contributed by atoms with Crippen molar-refractivity contribution in [3.8, 4) is 0 Å². The molecule has 0 saturated heterocycles. The predicted molar refractivity (Wildman–Crippen MR) is 92.1 cm³/mol. The Morgan fingerprint density at radius 3 is 2.13 bits per heavy atom. The number of hydrogen-bond donors (Lipinski definition) is 1. The lowest BCUT2D eigenvalue weighted by molar-refractivity contribution is -0.873. The molecular weight excluding hydrogens is 294 g/mol. The van der Waals surface area contributed by atoms with Gasteiger partial charge in [-0.25, -0.2) is 0 Å². The molecule has 1 N–H and O–H groups in total. The summed E-state index contributed by atoms with van der Waals surface area (Å²) in [6.45, 7) is 7.10. The van der Waals surface area contributed by atoms with Crippen LogP contribution in [0.1, 0.15) is 59.3 Å². The first-order valence-corrected chi connectivity index (χ1v) is 8.71. The smallest absolute Gasteiger partial charge is 0.307 e. The monoisotopic (exact) mass is 330 g/mol. The fourth-order valence-corrected chi connectivity index (χ4v) is 2.58. The number of esters is 1. The Balaban J connectivity index is 4.18. The molecule has 5 heteroatoms. The van der Waals surface area contributed by atoms with E-state index >= 15 is 0 Å². The Morgan fingerprint density at radius 1 is 1.04 bits per heavy atom. The Labute approximate surface area is 141 Å². The summed E-state index contributed by atoms with van der Waals surface area (Å²) in [4.78, 5) is 22.9. The Bertz CT molecular complexity index is 361. The molecular formula is C18H36NO4+. The van der Waals surface area contributed by atoms with Gasteiger partial charge < -0.3 is 14.3 Å². The molecule has 136 valence electrons. The van der Waals surface area contributed by atoms with Crippen molar-refractivity contribution in [2.24, 2.45) is 11.8 Å². The number of carboxylic acids is 1. The topological polar surface area (TPSA) is 63.6 Å². The van der Waals surface area contributed by atoms with Crippen LogP contribution in [-0.4, -0.2) is 55.3 Å². The van der Waals surface area contributed by atoms with Crippen LogP contribution in [0.3, 0.4) is 0 Å². The van der Waals surface area contributed by atoms with Crippen LogP contribution in [0.15, 0.2) is 0 Å². The van der Waals surface area contributed by atoms with Gasteiger partial charge in [-0.2, -0.15) is 0 Å². The van der Waals surface area contributed by atoms with E-state index in [9.17, 15) is 9.59 Å². The molecule has 0 spiro atoms. The fourth-order valence-electron chi connectivity index (χ4n) is 2.58. The summed E-state index contributed by atoms with van der Waals surface area (Å²) in [5.74, 6) is 0.01000. The third-order valence-corrected chi connectivity index (χ3v) is 3.77. The Morgan fingerprint density at radius 2 is 1.65 bits per heavy atom. The molecule has 0 heterocycles. The van der Waals surface area contributed by atoms with Gasteiger partial charge in [0.25, 0.3) is 0 Å². The standard InChI is InChI=1S/C18H35NO4/c1-14(2)8-7-9-15(3)10-11-18(22)23-16(12-17(20)21)13-19(4,5)6/h14-16H,7-13H2,1-6H3/p+1/t15?,16-/m1/s1. The van der Waals surface area contributed by atoms with Gasteiger partial charge >= 0.3 is 11.9 Å². The lowest BCUT2D eigenvalue weighted by Gasteiger charge is -2.28. The zero-order chi connectivity index (χ0) is 18.0. The van der Waals surface area contributed by atoms with Crippen molar-refractivity contribution in [3.63, 3.8) is 0 Å². The Kier molecular flexibility index (Phi) is 10.1. The van der Waals surface area contributed by atoms with Gasteiger partial charge in [0.1, 0.15) is 6.54 Å². The minimum Gasteiger partial charge on any atom is -0.481 e. The number of ether oxygens (including phenoxy) is 1. The number of likely N-dealkylation sites (N-methyl/N-ethyl adjacent to an activating group) is 1. The maximum Gasteiger partial charge on any atom is 0.307 e. The molecule has 0 rings (SSSR count). The molecule has 2 atom stereocenters. The number of carboxylic acid groups (broad SMARTS) is 1. The molecule has 0 bridgehead atoms. The molecule has 23 heavy (non-hydrogen) atoms. The molecule has 0 aromatic heterocycles. The molecule has 0 aliphatic rings. The number of aliphatic carboxylic acids is 1. The maximum absolute atomic E-state index is 12.0. The van der Waals surface area contributed by atoms with E-state index in [1.54, 1.807) is 0 Å². The third-order valence-electron chi connectivity index (χ3n) is 3.77. The number of quaternary nitrogens is 1. The largest absolute Gasteiger partial charge is 0.481 e. The predicted octanol–water partition coefficient (Wildman–Crippen LogP) is 3.32. The number of carbonyl (C=O) groups is 2. The molecule has 0 fully saturated rings. The second-order valence-electron chi connectivity index (χ2n) is 8.15. The van der Waals surface area contributed by atoms with Crippen LogP contribution in [0.5, 0.6) is 0 Å². The first kappa shape index (κ1) is 21.9. The van der Waals surface area contributed by atoms with Gasteiger partial charge in [-0.15, -0.1) is 0 Å². The molecule has 0 aromatic rings. The lowest BCUT2D eigenvalue weighted by atomic mass is 9.96. The summed E-state index contributed by atoms with van der Waals surface area (Å²) in [5.41, 5.74) is 0. The summed E-state index contributed by atoms with van der Waals surface area (Å²) >= 11 is 0. The molecule has 0 amide bonds. The van der Waals surface area contributed by atoms with Crippen molar-refractivity contribution < 1.29 is 23.9 Å². The molecule has 0 radical (unpaired) electrons. The summed E-state index contributed by atoms with van der Waals surface area (Å²) in [6, 6.07) is 0. The fraction of sp³-hybridized carbons (Fsp3) is 0.889. The normalized spacial score (nSPS) is 14.6. The van der Waals surface area contributed by atoms with Crippen LogP contribution in [0.4, 0.5) is 0 Å². The molecule has 0 saturated carbocycles. The van der Waals surface area contributed by atoms with Gasteiger partial charge in [-0.1, -0.05) is 40.0 Å². The Hall–Kier alpha value is -1.10. The minimum absolute atomic E-state index is 0.134. The summed E-state index contributed by atoms with van der Waals surface area (Å²) in [6.07, 6.45) is 4.03. The van der Waals surface area contributed by atoms with E-state index in [-0.39, 0.29) is 12.4 Å². The van der Waals surface area contributed by atoms with Gasteiger partial charge in [0.2, 0.25) is 0 Å². The van der Waals surface area contributed by atoms with Crippen molar-refractivity contribution in [1.82, 2.24) is 0 Å². The molecule has 0 aliphatic carbocycles. The van der Waals surface area contributed by atoms with Crippen molar-refractivity contribution >= 4 is 11.9 Å². The number of nitrogens with zero attached hydrogens (tertiary/aromatic N) is 1. The second-order valence-corrected chi connectivity index (χ2v) is 8.15. The van der Waals surface area contributed by atoms with Crippen molar-refractivity contribution in [2.45, 2.75) is 65.4 Å². The third kappa shape index (κ3) is 14.2. The summed E-state index contributed by atoms with van der Waals surface area (Å²) in [7, 11) is 5.87. The average Bonchev–Trinajstić information content (AvgIpc) is 2.32. The second kappa shape index (κ2) is 10.6. The van der Waals surface area contributed by atoms with E-state index in [0.29, 0.717) is 23.4 Å². The number of carbonyl (C=O) groups excluding carboxylic acids is 1. The minimum atomic E-state index is -0.932. The first-order chi connectivity index (χ1) is 10.5. The SMILES string of the molecule is CC(C)CCCC(C)CCC(=O)O[C@H](CC(=O)O)C[N+](C)(C)C. The van der Waals surface area contributed by atoms with Crippen LogP contribution >= 0.6 is 0 Å². The van der Waals surface area contributed by atoms with E-state index in [1.165, 1.54) is 12.8 Å². The molecule has 0 aromatic carbocycles. The van der Waals surface area contributed by atoms with Crippen molar-refractivity contribution in [2.75, 3.05) is 27.7 Å². The summed E-state index contributed by atoms with van der Waals surface area (Å²) in [5, 5.41) is 8.96. The van der Waals surface area contributed by atoms with Gasteiger partial charge in [-0.3, -0.25) is 9.59 Å². The summed E-state index contributed by atoms with van der Waals surface area (Å²) < 4.78 is 5.96. The van der Waals surface area contributed by atoms with Crippen molar-refractivity contribution in [1.29, 1.82) is 0 Å². The van der Waals surface area contributed by atoms with E-state index in [0.717, 1.165) is 18.8 Å². The van der Waals surface area contributed by atoms with Crippen LogP contribution in [0, 0.1) is 11.8 Å². The average molecular weight is 330 g/mol. The van der Waals surface area contributed by atoms with E-state index in [4.69, 9.17) is 9.84 Å². The lowest BCUT2D eigenvalue weighted by Crippen LogP contribution is -2.43. The molecule has 1 unspecified atom stereocenters. The number of rotatable bonds is 12. The highest BCUT2D eigenvalue weighted by molar-refractivity contribution is 5.71. The van der Waals surface area contributed by atoms with Crippen LogP contribution in [0.25, 0.3) is 0 Å². The quantitative estimate of drug-likeness (QED) is 0.440. The van der Waals surface area contributed by atoms with E-state index in [2.05, 4.69) is 20.8 Å². The zero-order valence-electron chi connectivity index (χ0n) is 15.8. The van der Waals surface area contributed by atoms with Gasteiger partial charge in [0, 0.05) is 6.42 Å². The van der Waals surface area contributed by atoms with Crippen LogP contribution < -0.4 is 0 Å². The molecule has 0 aliphatic heterocycles. The van der Waals surface area contributed by atoms with Crippen LogP contribution in [-0.2, 0) is 14.3 Å². The number of hydrogen-bond acceptors (Lipinski definition) is 3. The highest BCUT2D eigenvalue weighted by Gasteiger charge is 2.24. The zero-order valence-corrected chi connectivity index (χ0v) is 15.8. The van der Waals surface area contributed by atoms with E-state index < -0.39 is 12.1 Å². The van der Waals surface area contributed by atoms with E-state index in [1.807, 2.05) is 21.1 Å². The maximum atomic E-state index is 12.0. The van der Waals surface area contributed by atoms with Gasteiger partial charge in [0.05, 0.1) is 27.6 Å². The van der Waals surface area contributed by atoms with Gasteiger partial charge in [0.15, 0.2) is 6.10 Å².